The van der Waals surface area contributed by atoms with E-state index in [1.165, 1.54) is 12.8 Å². The van der Waals surface area contributed by atoms with Gasteiger partial charge in [0.2, 0.25) is 0 Å². The lowest BCUT2D eigenvalue weighted by Gasteiger charge is -2.22. The predicted octanol–water partition coefficient (Wildman–Crippen LogP) is 3.88. The molecule has 1 fully saturated rings. The number of carbonyl (C=O) groups is 1. The Labute approximate surface area is 146 Å². The van der Waals surface area contributed by atoms with Crippen molar-refractivity contribution in [2.75, 3.05) is 23.3 Å². The topological polar surface area (TPSA) is 41.6 Å². The number of rotatable bonds is 3. The number of para-hydroxylation sites is 1. The first-order chi connectivity index (χ1) is 11.7. The smallest absolute Gasteiger partial charge is 0.265 e. The number of hydrogen-bond acceptors (Lipinski definition) is 3. The Hall–Kier alpha value is -2.20. The van der Waals surface area contributed by atoms with Gasteiger partial charge >= 0.3 is 0 Å². The van der Waals surface area contributed by atoms with Gasteiger partial charge in [-0.3, -0.25) is 4.79 Å². The van der Waals surface area contributed by atoms with E-state index in [-0.39, 0.29) is 5.91 Å². The van der Waals surface area contributed by atoms with Crippen molar-refractivity contribution < 1.29 is 9.53 Å². The van der Waals surface area contributed by atoms with Gasteiger partial charge in [-0.25, -0.2) is 0 Å². The summed E-state index contributed by atoms with van der Waals surface area (Å²) in [5, 5.41) is 3.63. The van der Waals surface area contributed by atoms with Crippen molar-refractivity contribution in [2.24, 2.45) is 0 Å². The number of benzene rings is 2. The monoisotopic (exact) mass is 342 g/mol. The fraction of sp³-hybridized carbons (Fsp3) is 0.316. The molecule has 24 heavy (non-hydrogen) atoms. The molecule has 5 heteroatoms. The molecule has 1 saturated heterocycles. The highest BCUT2D eigenvalue weighted by molar-refractivity contribution is 6.31. The van der Waals surface area contributed by atoms with Crippen LogP contribution in [0.5, 0.6) is 5.75 Å². The lowest BCUT2D eigenvalue weighted by atomic mass is 10.1. The second kappa shape index (κ2) is 6.36. The van der Waals surface area contributed by atoms with Gasteiger partial charge in [-0.05, 0) is 42.7 Å². The minimum atomic E-state index is -0.493. The van der Waals surface area contributed by atoms with Crippen LogP contribution in [0.4, 0.5) is 11.4 Å². The number of halogens is 1. The van der Waals surface area contributed by atoms with E-state index in [1.54, 1.807) is 0 Å². The van der Waals surface area contributed by atoms with E-state index >= 15 is 0 Å². The van der Waals surface area contributed by atoms with Crippen LogP contribution in [0.25, 0.3) is 0 Å². The van der Waals surface area contributed by atoms with Gasteiger partial charge in [0.05, 0.1) is 11.4 Å². The van der Waals surface area contributed by atoms with E-state index in [0.29, 0.717) is 11.4 Å². The SMILES string of the molecule is O=C(Nc1cc(Cl)ccc1N1CCCC1)C1Cc2ccccc2O1. The van der Waals surface area contributed by atoms with Crippen LogP contribution in [-0.4, -0.2) is 25.1 Å². The third-order valence-corrected chi connectivity index (χ3v) is 4.84. The molecular formula is C19H19ClN2O2. The number of nitrogens with zero attached hydrogens (tertiary/aromatic N) is 1. The molecule has 1 N–H and O–H groups in total. The molecule has 2 aromatic rings. The summed E-state index contributed by atoms with van der Waals surface area (Å²) in [7, 11) is 0. The van der Waals surface area contributed by atoms with E-state index in [2.05, 4.69) is 10.2 Å². The van der Waals surface area contributed by atoms with E-state index in [9.17, 15) is 4.79 Å². The van der Waals surface area contributed by atoms with Gasteiger partial charge in [0.15, 0.2) is 6.10 Å². The molecule has 4 nitrogen and oxygen atoms in total. The van der Waals surface area contributed by atoms with Crippen molar-refractivity contribution in [1.82, 2.24) is 0 Å². The number of amides is 1. The third-order valence-electron chi connectivity index (χ3n) is 4.60. The zero-order valence-corrected chi connectivity index (χ0v) is 14.1. The molecule has 1 atom stereocenters. The second-order valence-electron chi connectivity index (χ2n) is 6.26. The molecule has 2 aromatic carbocycles. The number of ether oxygens (including phenoxy) is 1. The zero-order valence-electron chi connectivity index (χ0n) is 13.3. The third kappa shape index (κ3) is 2.94. The van der Waals surface area contributed by atoms with Crippen LogP contribution in [0.1, 0.15) is 18.4 Å². The van der Waals surface area contributed by atoms with Crippen molar-refractivity contribution in [1.29, 1.82) is 0 Å². The number of hydrogen-bond donors (Lipinski definition) is 1. The zero-order chi connectivity index (χ0) is 16.5. The molecule has 1 amide bonds. The van der Waals surface area contributed by atoms with Crippen LogP contribution in [-0.2, 0) is 11.2 Å². The fourth-order valence-corrected chi connectivity index (χ4v) is 3.56. The van der Waals surface area contributed by atoms with Crippen LogP contribution < -0.4 is 15.0 Å². The van der Waals surface area contributed by atoms with E-state index in [0.717, 1.165) is 35.8 Å². The summed E-state index contributed by atoms with van der Waals surface area (Å²) >= 11 is 6.14. The summed E-state index contributed by atoms with van der Waals surface area (Å²) < 4.78 is 5.78. The molecule has 0 bridgehead atoms. The highest BCUT2D eigenvalue weighted by Gasteiger charge is 2.29. The predicted molar refractivity (Wildman–Crippen MR) is 96.1 cm³/mol. The van der Waals surface area contributed by atoms with Crippen LogP contribution >= 0.6 is 11.6 Å². The van der Waals surface area contributed by atoms with Gasteiger partial charge in [0, 0.05) is 24.5 Å². The Morgan fingerprint density at radius 3 is 2.75 bits per heavy atom. The van der Waals surface area contributed by atoms with E-state index < -0.39 is 6.10 Å². The standard InChI is InChI=1S/C19H19ClN2O2/c20-14-7-8-16(22-9-3-4-10-22)15(12-14)21-19(23)18-11-13-5-1-2-6-17(13)24-18/h1-2,5-8,12,18H,3-4,9-11H2,(H,21,23). The Kier molecular flexibility index (Phi) is 4.07. The van der Waals surface area contributed by atoms with Crippen LogP contribution in [0, 0.1) is 0 Å². The van der Waals surface area contributed by atoms with Crippen molar-refractivity contribution in [3.63, 3.8) is 0 Å². The first kappa shape index (κ1) is 15.3. The summed E-state index contributed by atoms with van der Waals surface area (Å²) in [6.45, 7) is 2.02. The van der Waals surface area contributed by atoms with E-state index in [4.69, 9.17) is 16.3 Å². The van der Waals surface area contributed by atoms with Gasteiger partial charge in [0.25, 0.3) is 5.91 Å². The number of carbonyl (C=O) groups excluding carboxylic acids is 1. The molecule has 0 radical (unpaired) electrons. The second-order valence-corrected chi connectivity index (χ2v) is 6.70. The van der Waals surface area contributed by atoms with Gasteiger partial charge in [0.1, 0.15) is 5.75 Å². The normalized spacial score (nSPS) is 19.0. The fourth-order valence-electron chi connectivity index (χ4n) is 3.38. The molecule has 0 saturated carbocycles. The van der Waals surface area contributed by atoms with Crippen LogP contribution in [0.3, 0.4) is 0 Å². The highest BCUT2D eigenvalue weighted by Crippen LogP contribution is 2.33. The summed E-state index contributed by atoms with van der Waals surface area (Å²) in [5.41, 5.74) is 2.86. The molecule has 2 heterocycles. The molecule has 0 aliphatic carbocycles. The Bertz CT molecular complexity index is 747. The largest absolute Gasteiger partial charge is 0.480 e. The molecule has 2 aliphatic rings. The number of fused-ring (bicyclic) bond motifs is 1. The van der Waals surface area contributed by atoms with Crippen LogP contribution in [0.15, 0.2) is 42.5 Å². The molecule has 124 valence electrons. The van der Waals surface area contributed by atoms with Gasteiger partial charge in [-0.1, -0.05) is 29.8 Å². The minimum Gasteiger partial charge on any atom is -0.480 e. The first-order valence-electron chi connectivity index (χ1n) is 8.30. The number of anilines is 2. The van der Waals surface area contributed by atoms with Gasteiger partial charge < -0.3 is 15.0 Å². The van der Waals surface area contributed by atoms with Gasteiger partial charge in [-0.15, -0.1) is 0 Å². The van der Waals surface area contributed by atoms with Crippen LogP contribution in [0.2, 0.25) is 5.02 Å². The quantitative estimate of drug-likeness (QED) is 0.920. The summed E-state index contributed by atoms with van der Waals surface area (Å²) in [6, 6.07) is 13.4. The first-order valence-corrected chi connectivity index (χ1v) is 8.68. The summed E-state index contributed by atoms with van der Waals surface area (Å²) in [5.74, 6) is 0.664. The van der Waals surface area contributed by atoms with Crippen molar-refractivity contribution >= 4 is 28.9 Å². The average molecular weight is 343 g/mol. The molecule has 2 aliphatic heterocycles. The lowest BCUT2D eigenvalue weighted by molar-refractivity contribution is -0.122. The molecule has 4 rings (SSSR count). The maximum absolute atomic E-state index is 12.7. The number of nitrogens with one attached hydrogen (secondary N) is 1. The Morgan fingerprint density at radius 2 is 1.96 bits per heavy atom. The van der Waals surface area contributed by atoms with Crippen molar-refractivity contribution in [2.45, 2.75) is 25.4 Å². The molecule has 0 spiro atoms. The Balaban J connectivity index is 1.53. The van der Waals surface area contributed by atoms with Crippen molar-refractivity contribution in [3.05, 3.63) is 53.1 Å². The highest BCUT2D eigenvalue weighted by atomic mass is 35.5. The maximum Gasteiger partial charge on any atom is 0.265 e. The van der Waals surface area contributed by atoms with Gasteiger partial charge in [-0.2, -0.15) is 0 Å². The van der Waals surface area contributed by atoms with E-state index in [1.807, 2.05) is 42.5 Å². The molecule has 0 aromatic heterocycles. The summed E-state index contributed by atoms with van der Waals surface area (Å²) in [6.07, 6.45) is 2.46. The minimum absolute atomic E-state index is 0.131. The van der Waals surface area contributed by atoms with Crippen molar-refractivity contribution in [3.8, 4) is 5.75 Å². The molecular weight excluding hydrogens is 324 g/mol. The molecule has 1 unspecified atom stereocenters. The average Bonchev–Trinajstić information content (AvgIpc) is 3.24. The summed E-state index contributed by atoms with van der Waals surface area (Å²) in [4.78, 5) is 15.0. The lowest BCUT2D eigenvalue weighted by Crippen LogP contribution is -2.32. The Morgan fingerprint density at radius 1 is 1.17 bits per heavy atom. The maximum atomic E-state index is 12.7.